The molecule has 2 aromatic carbocycles. The van der Waals surface area contributed by atoms with Gasteiger partial charge in [-0.1, -0.05) is 29.3 Å². The number of anilines is 2. The predicted octanol–water partition coefficient (Wildman–Crippen LogP) is 6.09. The molecule has 7 rings (SSSR count). The number of hydrogen-bond acceptors (Lipinski definition) is 3. The van der Waals surface area contributed by atoms with E-state index >= 15 is 0 Å². The minimum Gasteiger partial charge on any atom is -0.340 e. The summed E-state index contributed by atoms with van der Waals surface area (Å²) in [6.07, 6.45) is 8.45. The average molecular weight is 569 g/mol. The Bertz CT molecular complexity index is 1170. The maximum Gasteiger partial charge on any atom is 0.214 e. The molecule has 0 aromatic heterocycles. The van der Waals surface area contributed by atoms with Crippen molar-refractivity contribution in [3.63, 3.8) is 0 Å². The predicted molar refractivity (Wildman–Crippen MR) is 161 cm³/mol. The Balaban J connectivity index is 1.17. The first-order chi connectivity index (χ1) is 18.9. The molecule has 4 aliphatic carbocycles. The van der Waals surface area contributed by atoms with E-state index in [2.05, 4.69) is 34.6 Å². The second-order valence-electron chi connectivity index (χ2n) is 12.1. The molecular formula is C31H39Cl2N5O. The lowest BCUT2D eigenvalue weighted by atomic mass is 9.54. The molecule has 208 valence electrons. The molecule has 5 aliphatic rings. The van der Waals surface area contributed by atoms with Gasteiger partial charge in [0.25, 0.3) is 0 Å². The van der Waals surface area contributed by atoms with E-state index in [1.54, 1.807) is 11.0 Å². The highest BCUT2D eigenvalue weighted by Gasteiger charge is 2.48. The number of amides is 1. The lowest BCUT2D eigenvalue weighted by molar-refractivity contribution is -0.107. The van der Waals surface area contributed by atoms with E-state index in [-0.39, 0.29) is 0 Å². The van der Waals surface area contributed by atoms with Crippen LogP contribution in [0.4, 0.5) is 11.4 Å². The van der Waals surface area contributed by atoms with Crippen LogP contribution in [-0.4, -0.2) is 55.5 Å². The Hall–Kier alpha value is -2.28. The Morgan fingerprint density at radius 1 is 1.08 bits per heavy atom. The molecule has 6 nitrogen and oxygen atoms in total. The Morgan fingerprint density at radius 3 is 2.44 bits per heavy atom. The number of guanidine groups is 1. The van der Waals surface area contributed by atoms with Gasteiger partial charge in [-0.3, -0.25) is 4.79 Å². The average Bonchev–Trinajstić information content (AvgIpc) is 2.92. The molecule has 1 heterocycles. The minimum absolute atomic E-state index is 0.432. The van der Waals surface area contributed by atoms with Gasteiger partial charge >= 0.3 is 0 Å². The van der Waals surface area contributed by atoms with Gasteiger partial charge in [-0.2, -0.15) is 0 Å². The van der Waals surface area contributed by atoms with Crippen LogP contribution in [0.3, 0.4) is 0 Å². The molecule has 2 N–H and O–H groups in total. The highest BCUT2D eigenvalue weighted by molar-refractivity contribution is 6.35. The standard InChI is InChI=1S/C31H39Cl2N5O/c1-20-18-37(11-9-34-20)31(36-30-24-13-21-12-22(15-24)16-25(30)14-21)35-27-4-6-28(7-5-27)38(19-39)10-8-23-2-3-26(32)17-29(23)33/h2-7,17,19-22,24-25,30,34H,8-16,18H2,1H3,(H,35,36)/t20-,21?,22?,24?,25?,30?/m0/s1. The molecule has 4 bridgehead atoms. The third-order valence-corrected chi connectivity index (χ3v) is 9.92. The van der Waals surface area contributed by atoms with Crippen molar-refractivity contribution in [3.8, 4) is 0 Å². The number of rotatable bonds is 7. The van der Waals surface area contributed by atoms with E-state index in [9.17, 15) is 4.79 Å². The molecule has 1 amide bonds. The normalized spacial score (nSPS) is 29.9. The highest BCUT2D eigenvalue weighted by Crippen LogP contribution is 2.54. The Labute approximate surface area is 242 Å². The van der Waals surface area contributed by atoms with Crippen LogP contribution in [0.15, 0.2) is 47.5 Å². The van der Waals surface area contributed by atoms with Crippen molar-refractivity contribution in [2.24, 2.45) is 28.7 Å². The molecule has 0 radical (unpaired) electrons. The molecule has 39 heavy (non-hydrogen) atoms. The quantitative estimate of drug-likeness (QED) is 0.241. The van der Waals surface area contributed by atoms with Gasteiger partial charge in [-0.15, -0.1) is 0 Å². The summed E-state index contributed by atoms with van der Waals surface area (Å²) in [4.78, 5) is 21.6. The van der Waals surface area contributed by atoms with Crippen molar-refractivity contribution in [3.05, 3.63) is 58.1 Å². The van der Waals surface area contributed by atoms with Crippen LogP contribution in [0.5, 0.6) is 0 Å². The smallest absolute Gasteiger partial charge is 0.214 e. The van der Waals surface area contributed by atoms with Gasteiger partial charge in [0.1, 0.15) is 0 Å². The van der Waals surface area contributed by atoms with Crippen LogP contribution in [0.2, 0.25) is 10.0 Å². The van der Waals surface area contributed by atoms with E-state index in [4.69, 9.17) is 28.2 Å². The van der Waals surface area contributed by atoms with Gasteiger partial charge in [-0.05, 0) is 111 Å². The summed E-state index contributed by atoms with van der Waals surface area (Å²) < 4.78 is 0. The summed E-state index contributed by atoms with van der Waals surface area (Å²) in [5.41, 5.74) is 2.83. The van der Waals surface area contributed by atoms with E-state index in [0.717, 1.165) is 72.6 Å². The van der Waals surface area contributed by atoms with Gasteiger partial charge in [0, 0.05) is 53.6 Å². The topological polar surface area (TPSA) is 60.0 Å². The zero-order chi connectivity index (χ0) is 26.9. The molecule has 0 unspecified atom stereocenters. The number of hydrogen-bond donors (Lipinski definition) is 2. The van der Waals surface area contributed by atoms with Crippen molar-refractivity contribution in [2.45, 2.75) is 57.5 Å². The fourth-order valence-corrected chi connectivity index (χ4v) is 8.14. The van der Waals surface area contributed by atoms with E-state index < -0.39 is 0 Å². The number of halogens is 2. The largest absolute Gasteiger partial charge is 0.340 e. The molecule has 5 fully saturated rings. The van der Waals surface area contributed by atoms with E-state index in [0.29, 0.717) is 35.1 Å². The van der Waals surface area contributed by atoms with Crippen LogP contribution in [0.25, 0.3) is 0 Å². The van der Waals surface area contributed by atoms with Gasteiger partial charge in [0.05, 0.1) is 6.04 Å². The molecule has 1 saturated heterocycles. The summed E-state index contributed by atoms with van der Waals surface area (Å²) >= 11 is 12.4. The number of benzene rings is 2. The highest BCUT2D eigenvalue weighted by atomic mass is 35.5. The number of carbonyl (C=O) groups is 1. The van der Waals surface area contributed by atoms with Crippen molar-refractivity contribution < 1.29 is 4.79 Å². The summed E-state index contributed by atoms with van der Waals surface area (Å²) in [6.45, 7) is 5.65. The van der Waals surface area contributed by atoms with Crippen LogP contribution in [0.1, 0.15) is 44.6 Å². The molecule has 0 spiro atoms. The zero-order valence-corrected chi connectivity index (χ0v) is 24.2. The minimum atomic E-state index is 0.432. The fraction of sp³-hybridized carbons (Fsp3) is 0.548. The molecule has 1 atom stereocenters. The second-order valence-corrected chi connectivity index (χ2v) is 13.0. The lowest BCUT2D eigenvalue weighted by Gasteiger charge is -2.53. The van der Waals surface area contributed by atoms with Crippen molar-refractivity contribution >= 4 is 46.9 Å². The second kappa shape index (κ2) is 11.7. The monoisotopic (exact) mass is 567 g/mol. The van der Waals surface area contributed by atoms with Gasteiger partial charge in [0.15, 0.2) is 5.96 Å². The summed E-state index contributed by atoms with van der Waals surface area (Å²) in [7, 11) is 0. The van der Waals surface area contributed by atoms with Crippen LogP contribution < -0.4 is 15.5 Å². The Morgan fingerprint density at radius 2 is 1.79 bits per heavy atom. The third-order valence-electron chi connectivity index (χ3n) is 9.34. The molecule has 4 saturated carbocycles. The molecule has 8 heteroatoms. The molecule has 1 aliphatic heterocycles. The maximum absolute atomic E-state index is 11.9. The summed E-state index contributed by atoms with van der Waals surface area (Å²) in [5, 5.41) is 8.50. The van der Waals surface area contributed by atoms with Crippen molar-refractivity contribution in [1.82, 2.24) is 10.2 Å². The van der Waals surface area contributed by atoms with Crippen LogP contribution >= 0.6 is 23.2 Å². The Kier molecular flexibility index (Phi) is 8.06. The van der Waals surface area contributed by atoms with E-state index in [1.807, 2.05) is 24.3 Å². The molecular weight excluding hydrogens is 529 g/mol. The number of aliphatic imine (C=N–C) groups is 1. The number of carbonyl (C=O) groups excluding carboxylic acids is 1. The first kappa shape index (κ1) is 26.9. The van der Waals surface area contributed by atoms with Gasteiger partial charge in [0.2, 0.25) is 6.41 Å². The van der Waals surface area contributed by atoms with E-state index in [1.165, 1.54) is 32.1 Å². The van der Waals surface area contributed by atoms with Crippen LogP contribution in [-0.2, 0) is 11.2 Å². The van der Waals surface area contributed by atoms with Crippen molar-refractivity contribution in [1.29, 1.82) is 0 Å². The maximum atomic E-state index is 11.9. The summed E-state index contributed by atoms with van der Waals surface area (Å²) in [5.74, 6) is 4.39. The van der Waals surface area contributed by atoms with Gasteiger partial charge in [-0.25, -0.2) is 4.99 Å². The SMILES string of the molecule is C[C@H]1CN(/C(=N/C2C3CC4CC(C3)CC2C4)Nc2ccc(N(C=O)CCc3ccc(Cl)cc3Cl)cc2)CCN1. The first-order valence-corrected chi connectivity index (χ1v) is 15.3. The third kappa shape index (κ3) is 6.08. The van der Waals surface area contributed by atoms with Crippen molar-refractivity contribution in [2.75, 3.05) is 36.4 Å². The number of piperazine rings is 1. The number of nitrogens with one attached hydrogen (secondary N) is 2. The van der Waals surface area contributed by atoms with Crippen LogP contribution in [0, 0.1) is 23.7 Å². The number of nitrogens with zero attached hydrogens (tertiary/aromatic N) is 3. The van der Waals surface area contributed by atoms with Gasteiger partial charge < -0.3 is 20.4 Å². The zero-order valence-electron chi connectivity index (χ0n) is 22.7. The molecule has 2 aromatic rings. The first-order valence-electron chi connectivity index (χ1n) is 14.5. The lowest BCUT2D eigenvalue weighted by Crippen LogP contribution is -2.54. The summed E-state index contributed by atoms with van der Waals surface area (Å²) in [6, 6.07) is 14.5. The fourth-order valence-electron chi connectivity index (χ4n) is 7.64.